The van der Waals surface area contributed by atoms with Crippen LogP contribution in [0.25, 0.3) is 11.3 Å². The molecule has 2 aliphatic heterocycles. The fraction of sp³-hybridized carbons (Fsp3) is 0.286. The molecule has 0 bridgehead atoms. The minimum absolute atomic E-state index is 0.0556. The van der Waals surface area contributed by atoms with Gasteiger partial charge in [0.15, 0.2) is 23.0 Å². The fourth-order valence-corrected chi connectivity index (χ4v) is 3.44. The van der Waals surface area contributed by atoms with Crippen molar-refractivity contribution >= 4 is 0 Å². The van der Waals surface area contributed by atoms with Crippen molar-refractivity contribution in [2.24, 2.45) is 0 Å². The van der Waals surface area contributed by atoms with Gasteiger partial charge in [0.2, 0.25) is 6.79 Å². The van der Waals surface area contributed by atoms with Crippen molar-refractivity contribution in [3.8, 4) is 34.3 Å². The van der Waals surface area contributed by atoms with Crippen molar-refractivity contribution in [1.29, 1.82) is 0 Å². The zero-order valence-electron chi connectivity index (χ0n) is 15.3. The van der Waals surface area contributed by atoms with Crippen LogP contribution >= 0.6 is 0 Å². The second-order valence-electron chi connectivity index (χ2n) is 6.80. The maximum absolute atomic E-state index is 6.00. The molecule has 28 heavy (non-hydrogen) atoms. The molecule has 1 unspecified atom stereocenters. The maximum atomic E-state index is 6.00. The summed E-state index contributed by atoms with van der Waals surface area (Å²) in [7, 11) is 0. The molecule has 1 aromatic heterocycles. The smallest absolute Gasteiger partial charge is 0.231 e. The molecule has 5 rings (SSSR count). The first-order valence-corrected chi connectivity index (χ1v) is 9.38. The molecule has 0 saturated heterocycles. The second-order valence-corrected chi connectivity index (χ2v) is 6.80. The predicted octanol–water partition coefficient (Wildman–Crippen LogP) is 3.13. The summed E-state index contributed by atoms with van der Waals surface area (Å²) < 4.78 is 22.6. The van der Waals surface area contributed by atoms with E-state index >= 15 is 0 Å². The summed E-state index contributed by atoms with van der Waals surface area (Å²) in [5.74, 6) is 3.18. The average Bonchev–Trinajstić information content (AvgIpc) is 3.39. The molecule has 0 radical (unpaired) electrons. The van der Waals surface area contributed by atoms with Gasteiger partial charge in [0.25, 0.3) is 0 Å². The third-order valence-electron chi connectivity index (χ3n) is 4.91. The largest absolute Gasteiger partial charge is 0.486 e. The molecule has 7 nitrogen and oxygen atoms in total. The number of hydrogen-bond donors (Lipinski definition) is 2. The Balaban J connectivity index is 1.16. The first-order valence-electron chi connectivity index (χ1n) is 9.38. The number of rotatable bonds is 6. The lowest BCUT2D eigenvalue weighted by atomic mass is 10.1. The Hall–Kier alpha value is -3.19. The Morgan fingerprint density at radius 1 is 1.00 bits per heavy atom. The summed E-state index contributed by atoms with van der Waals surface area (Å²) in [6.07, 6.45) is 2.77. The van der Waals surface area contributed by atoms with Gasteiger partial charge in [-0.3, -0.25) is 5.10 Å². The van der Waals surface area contributed by atoms with E-state index in [-0.39, 0.29) is 12.9 Å². The van der Waals surface area contributed by atoms with Crippen LogP contribution in [-0.2, 0) is 6.54 Å². The monoisotopic (exact) mass is 379 g/mol. The van der Waals surface area contributed by atoms with Crippen LogP contribution in [0, 0.1) is 0 Å². The second kappa shape index (κ2) is 7.44. The van der Waals surface area contributed by atoms with Crippen LogP contribution in [0.3, 0.4) is 0 Å². The minimum Gasteiger partial charge on any atom is -0.486 e. The average molecular weight is 379 g/mol. The predicted molar refractivity (Wildman–Crippen MR) is 103 cm³/mol. The standard InChI is InChI=1S/C21H21N3O4/c1-2-4-19-17(3-1)25-12-16(28-19)7-8-22-10-15-11-23-24-21(15)14-5-6-18-20(9-14)27-13-26-18/h1-6,9,11,16,22H,7-8,10,12-13H2,(H,23,24). The number of fused-ring (bicyclic) bond motifs is 2. The van der Waals surface area contributed by atoms with Crippen LogP contribution in [0.1, 0.15) is 12.0 Å². The number of aromatic nitrogens is 2. The van der Waals surface area contributed by atoms with E-state index in [2.05, 4.69) is 15.5 Å². The Morgan fingerprint density at radius 2 is 1.86 bits per heavy atom. The number of aromatic amines is 1. The van der Waals surface area contributed by atoms with Gasteiger partial charge in [0.05, 0.1) is 11.9 Å². The van der Waals surface area contributed by atoms with Gasteiger partial charge < -0.3 is 24.3 Å². The van der Waals surface area contributed by atoms with Gasteiger partial charge in [0, 0.05) is 24.1 Å². The lowest BCUT2D eigenvalue weighted by Gasteiger charge is -2.26. The van der Waals surface area contributed by atoms with Gasteiger partial charge in [-0.15, -0.1) is 0 Å². The lowest BCUT2D eigenvalue weighted by molar-refractivity contribution is 0.0849. The van der Waals surface area contributed by atoms with Gasteiger partial charge in [-0.05, 0) is 36.9 Å². The highest BCUT2D eigenvalue weighted by Gasteiger charge is 2.20. The number of H-pyrrole nitrogens is 1. The van der Waals surface area contributed by atoms with Gasteiger partial charge in [-0.1, -0.05) is 12.1 Å². The number of benzene rings is 2. The summed E-state index contributed by atoms with van der Waals surface area (Å²) in [5.41, 5.74) is 3.11. The summed E-state index contributed by atoms with van der Waals surface area (Å²) in [6, 6.07) is 13.7. The number of nitrogens with zero attached hydrogens (tertiary/aromatic N) is 1. The molecule has 2 N–H and O–H groups in total. The van der Waals surface area contributed by atoms with Gasteiger partial charge in [-0.25, -0.2) is 0 Å². The van der Waals surface area contributed by atoms with Crippen LogP contribution in [-0.4, -0.2) is 36.2 Å². The molecule has 2 aromatic carbocycles. The Bertz CT molecular complexity index is 972. The van der Waals surface area contributed by atoms with Crippen molar-refractivity contribution < 1.29 is 18.9 Å². The Labute approximate surface area is 162 Å². The van der Waals surface area contributed by atoms with Crippen LogP contribution < -0.4 is 24.3 Å². The zero-order valence-corrected chi connectivity index (χ0v) is 15.3. The molecule has 3 aromatic rings. The molecule has 0 aliphatic carbocycles. The number of ether oxygens (including phenoxy) is 4. The van der Waals surface area contributed by atoms with E-state index in [1.807, 2.05) is 48.7 Å². The molecule has 2 aliphatic rings. The molecular weight excluding hydrogens is 358 g/mol. The first kappa shape index (κ1) is 16.9. The third kappa shape index (κ3) is 3.36. The van der Waals surface area contributed by atoms with Crippen LogP contribution in [0.5, 0.6) is 23.0 Å². The highest BCUT2D eigenvalue weighted by atomic mass is 16.7. The van der Waals surface area contributed by atoms with Crippen LogP contribution in [0.2, 0.25) is 0 Å². The number of hydrogen-bond acceptors (Lipinski definition) is 6. The van der Waals surface area contributed by atoms with E-state index in [1.54, 1.807) is 0 Å². The number of para-hydroxylation sites is 2. The molecular formula is C21H21N3O4. The van der Waals surface area contributed by atoms with E-state index in [9.17, 15) is 0 Å². The minimum atomic E-state index is 0.0556. The van der Waals surface area contributed by atoms with Gasteiger partial charge >= 0.3 is 0 Å². The van der Waals surface area contributed by atoms with E-state index in [0.29, 0.717) is 13.2 Å². The van der Waals surface area contributed by atoms with Crippen molar-refractivity contribution in [1.82, 2.24) is 15.5 Å². The lowest BCUT2D eigenvalue weighted by Crippen LogP contribution is -2.32. The van der Waals surface area contributed by atoms with Crippen molar-refractivity contribution in [2.45, 2.75) is 19.1 Å². The Morgan fingerprint density at radius 3 is 2.82 bits per heavy atom. The Kier molecular flexibility index (Phi) is 4.50. The SMILES string of the molecule is c1ccc2c(c1)OCC(CCNCc1cn[nH]c1-c1ccc3c(c1)OCO3)O2. The van der Waals surface area contributed by atoms with Gasteiger partial charge in [-0.2, -0.15) is 5.10 Å². The van der Waals surface area contributed by atoms with E-state index in [0.717, 1.165) is 52.8 Å². The quantitative estimate of drug-likeness (QED) is 0.641. The summed E-state index contributed by atoms with van der Waals surface area (Å²) in [4.78, 5) is 0. The molecule has 0 amide bonds. The highest BCUT2D eigenvalue weighted by molar-refractivity contribution is 5.66. The zero-order chi connectivity index (χ0) is 18.8. The molecule has 7 heteroatoms. The van der Waals surface area contributed by atoms with Crippen molar-refractivity contribution in [3.63, 3.8) is 0 Å². The molecule has 0 fully saturated rings. The van der Waals surface area contributed by atoms with E-state index < -0.39 is 0 Å². The van der Waals surface area contributed by atoms with E-state index in [1.165, 1.54) is 0 Å². The molecule has 0 saturated carbocycles. The van der Waals surface area contributed by atoms with Crippen LogP contribution in [0.15, 0.2) is 48.7 Å². The first-order chi connectivity index (χ1) is 13.9. The molecule has 1 atom stereocenters. The molecule has 144 valence electrons. The van der Waals surface area contributed by atoms with Gasteiger partial charge in [0.1, 0.15) is 12.7 Å². The van der Waals surface area contributed by atoms with Crippen molar-refractivity contribution in [2.75, 3.05) is 19.9 Å². The topological polar surface area (TPSA) is 77.6 Å². The fourth-order valence-electron chi connectivity index (χ4n) is 3.44. The molecule has 0 spiro atoms. The normalized spacial score (nSPS) is 16.9. The van der Waals surface area contributed by atoms with E-state index in [4.69, 9.17) is 18.9 Å². The summed E-state index contributed by atoms with van der Waals surface area (Å²) >= 11 is 0. The summed E-state index contributed by atoms with van der Waals surface area (Å²) in [5, 5.41) is 10.8. The third-order valence-corrected chi connectivity index (χ3v) is 4.91. The maximum Gasteiger partial charge on any atom is 0.231 e. The van der Waals surface area contributed by atoms with Crippen LogP contribution in [0.4, 0.5) is 0 Å². The molecule has 3 heterocycles. The highest BCUT2D eigenvalue weighted by Crippen LogP contribution is 2.36. The summed E-state index contributed by atoms with van der Waals surface area (Å²) in [6.45, 7) is 2.38. The van der Waals surface area contributed by atoms with Crippen molar-refractivity contribution in [3.05, 3.63) is 54.2 Å². The number of nitrogens with one attached hydrogen (secondary N) is 2.